The SMILES string of the molecule is COC1=Cc2cccc(OC)c2OC1. The van der Waals surface area contributed by atoms with Crippen LogP contribution in [-0.2, 0) is 4.74 Å². The molecule has 2 rings (SSSR count). The Bertz CT molecular complexity index is 369. The van der Waals surface area contributed by atoms with Crippen LogP contribution in [0.1, 0.15) is 5.56 Å². The Morgan fingerprint density at radius 1 is 1.21 bits per heavy atom. The van der Waals surface area contributed by atoms with Crippen LogP contribution in [0.3, 0.4) is 0 Å². The summed E-state index contributed by atoms with van der Waals surface area (Å²) < 4.78 is 15.8. The highest BCUT2D eigenvalue weighted by atomic mass is 16.5. The Hall–Kier alpha value is -1.64. The summed E-state index contributed by atoms with van der Waals surface area (Å²) in [7, 11) is 3.27. The number of hydrogen-bond donors (Lipinski definition) is 0. The summed E-state index contributed by atoms with van der Waals surface area (Å²) in [5.74, 6) is 2.37. The lowest BCUT2D eigenvalue weighted by Crippen LogP contribution is -2.09. The summed E-state index contributed by atoms with van der Waals surface area (Å²) in [5, 5.41) is 0. The number of fused-ring (bicyclic) bond motifs is 1. The lowest BCUT2D eigenvalue weighted by molar-refractivity contribution is 0.212. The van der Waals surface area contributed by atoms with Crippen molar-refractivity contribution in [2.45, 2.75) is 0 Å². The Kier molecular flexibility index (Phi) is 2.31. The molecule has 1 aromatic rings. The van der Waals surface area contributed by atoms with Crippen molar-refractivity contribution in [2.24, 2.45) is 0 Å². The molecule has 0 aromatic heterocycles. The number of rotatable bonds is 2. The molecule has 1 heterocycles. The number of benzene rings is 1. The van der Waals surface area contributed by atoms with Gasteiger partial charge in [-0.25, -0.2) is 0 Å². The molecule has 0 amide bonds. The van der Waals surface area contributed by atoms with E-state index in [0.29, 0.717) is 6.61 Å². The van der Waals surface area contributed by atoms with Crippen molar-refractivity contribution in [1.82, 2.24) is 0 Å². The molecule has 0 fully saturated rings. The molecule has 0 radical (unpaired) electrons. The Morgan fingerprint density at radius 3 is 2.79 bits per heavy atom. The van der Waals surface area contributed by atoms with E-state index in [0.717, 1.165) is 22.8 Å². The van der Waals surface area contributed by atoms with Crippen molar-refractivity contribution in [3.63, 3.8) is 0 Å². The highest BCUT2D eigenvalue weighted by Crippen LogP contribution is 2.35. The van der Waals surface area contributed by atoms with Gasteiger partial charge in [-0.05, 0) is 12.1 Å². The molecule has 3 nitrogen and oxygen atoms in total. The summed E-state index contributed by atoms with van der Waals surface area (Å²) in [6, 6.07) is 5.77. The van der Waals surface area contributed by atoms with Crippen molar-refractivity contribution < 1.29 is 14.2 Å². The predicted octanol–water partition coefficient (Wildman–Crippen LogP) is 2.07. The number of hydrogen-bond acceptors (Lipinski definition) is 3. The van der Waals surface area contributed by atoms with E-state index < -0.39 is 0 Å². The second kappa shape index (κ2) is 3.62. The topological polar surface area (TPSA) is 27.7 Å². The van der Waals surface area contributed by atoms with E-state index in [1.54, 1.807) is 14.2 Å². The molecule has 0 atom stereocenters. The van der Waals surface area contributed by atoms with Crippen LogP contribution in [0.25, 0.3) is 6.08 Å². The summed E-state index contributed by atoms with van der Waals surface area (Å²) in [5.41, 5.74) is 0.993. The smallest absolute Gasteiger partial charge is 0.169 e. The minimum Gasteiger partial charge on any atom is -0.497 e. The molecule has 74 valence electrons. The first-order valence-electron chi connectivity index (χ1n) is 4.39. The van der Waals surface area contributed by atoms with Gasteiger partial charge in [0, 0.05) is 5.56 Å². The first kappa shape index (κ1) is 8.94. The Morgan fingerprint density at radius 2 is 2.07 bits per heavy atom. The molecule has 1 aromatic carbocycles. The van der Waals surface area contributed by atoms with Crippen LogP contribution in [0.4, 0.5) is 0 Å². The van der Waals surface area contributed by atoms with Gasteiger partial charge < -0.3 is 14.2 Å². The Labute approximate surface area is 82.9 Å². The summed E-state index contributed by atoms with van der Waals surface area (Å²) in [4.78, 5) is 0. The molecule has 0 saturated carbocycles. The molecule has 3 heteroatoms. The average molecular weight is 192 g/mol. The van der Waals surface area contributed by atoms with Gasteiger partial charge in [-0.1, -0.05) is 12.1 Å². The molecule has 0 saturated heterocycles. The second-order valence-electron chi connectivity index (χ2n) is 2.98. The van der Waals surface area contributed by atoms with Gasteiger partial charge in [0.05, 0.1) is 14.2 Å². The third kappa shape index (κ3) is 1.41. The highest BCUT2D eigenvalue weighted by molar-refractivity contribution is 5.65. The quantitative estimate of drug-likeness (QED) is 0.718. The minimum absolute atomic E-state index is 0.462. The van der Waals surface area contributed by atoms with Gasteiger partial charge in [0.25, 0.3) is 0 Å². The number of ether oxygens (including phenoxy) is 3. The second-order valence-corrected chi connectivity index (χ2v) is 2.98. The molecule has 14 heavy (non-hydrogen) atoms. The first-order chi connectivity index (χ1) is 6.85. The van der Waals surface area contributed by atoms with Crippen LogP contribution in [0, 0.1) is 0 Å². The van der Waals surface area contributed by atoms with Crippen LogP contribution in [-0.4, -0.2) is 20.8 Å². The molecule has 0 aliphatic carbocycles. The van der Waals surface area contributed by atoms with E-state index in [1.807, 2.05) is 24.3 Å². The van der Waals surface area contributed by atoms with Crippen LogP contribution in [0.5, 0.6) is 11.5 Å². The fourth-order valence-corrected chi connectivity index (χ4v) is 1.44. The zero-order valence-electron chi connectivity index (χ0n) is 8.24. The molecule has 0 spiro atoms. The third-order valence-electron chi connectivity index (χ3n) is 2.17. The molecule has 1 aliphatic heterocycles. The van der Waals surface area contributed by atoms with E-state index in [-0.39, 0.29) is 0 Å². The summed E-state index contributed by atoms with van der Waals surface area (Å²) in [6.45, 7) is 0.462. The maximum Gasteiger partial charge on any atom is 0.169 e. The van der Waals surface area contributed by atoms with Gasteiger partial charge >= 0.3 is 0 Å². The van der Waals surface area contributed by atoms with Crippen molar-refractivity contribution in [3.8, 4) is 11.5 Å². The van der Waals surface area contributed by atoms with Crippen LogP contribution in [0.15, 0.2) is 24.0 Å². The Balaban J connectivity index is 2.45. The number of methoxy groups -OCH3 is 2. The standard InChI is InChI=1S/C11H12O3/c1-12-9-6-8-4-3-5-10(13-2)11(8)14-7-9/h3-6H,7H2,1-2H3. The van der Waals surface area contributed by atoms with Gasteiger partial charge in [0.1, 0.15) is 12.4 Å². The lowest BCUT2D eigenvalue weighted by atomic mass is 10.1. The molecular weight excluding hydrogens is 180 g/mol. The molecular formula is C11H12O3. The summed E-state index contributed by atoms with van der Waals surface area (Å²) in [6.07, 6.45) is 1.96. The monoisotopic (exact) mass is 192 g/mol. The average Bonchev–Trinajstić information content (AvgIpc) is 2.27. The normalized spacial score (nSPS) is 13.7. The minimum atomic E-state index is 0.462. The van der Waals surface area contributed by atoms with Crippen LogP contribution in [0.2, 0.25) is 0 Å². The highest BCUT2D eigenvalue weighted by Gasteiger charge is 2.15. The first-order valence-corrected chi connectivity index (χ1v) is 4.39. The van der Waals surface area contributed by atoms with Gasteiger partial charge in [0.15, 0.2) is 11.5 Å². The molecule has 0 bridgehead atoms. The molecule has 1 aliphatic rings. The lowest BCUT2D eigenvalue weighted by Gasteiger charge is -2.18. The number of para-hydroxylation sites is 1. The van der Waals surface area contributed by atoms with Gasteiger partial charge in [-0.15, -0.1) is 0 Å². The summed E-state index contributed by atoms with van der Waals surface area (Å²) >= 11 is 0. The van der Waals surface area contributed by atoms with Crippen LogP contribution < -0.4 is 9.47 Å². The maximum absolute atomic E-state index is 5.53. The van der Waals surface area contributed by atoms with Crippen molar-refractivity contribution in [2.75, 3.05) is 20.8 Å². The largest absolute Gasteiger partial charge is 0.497 e. The van der Waals surface area contributed by atoms with Gasteiger partial charge in [-0.3, -0.25) is 0 Å². The van der Waals surface area contributed by atoms with Crippen molar-refractivity contribution in [1.29, 1.82) is 0 Å². The predicted molar refractivity (Wildman–Crippen MR) is 53.5 cm³/mol. The van der Waals surface area contributed by atoms with E-state index in [9.17, 15) is 0 Å². The molecule has 0 unspecified atom stereocenters. The van der Waals surface area contributed by atoms with Crippen LogP contribution >= 0.6 is 0 Å². The fraction of sp³-hybridized carbons (Fsp3) is 0.273. The van der Waals surface area contributed by atoms with Gasteiger partial charge in [0.2, 0.25) is 0 Å². The van der Waals surface area contributed by atoms with Gasteiger partial charge in [-0.2, -0.15) is 0 Å². The van der Waals surface area contributed by atoms with E-state index >= 15 is 0 Å². The van der Waals surface area contributed by atoms with E-state index in [1.165, 1.54) is 0 Å². The van der Waals surface area contributed by atoms with Crippen molar-refractivity contribution in [3.05, 3.63) is 29.5 Å². The maximum atomic E-state index is 5.53. The van der Waals surface area contributed by atoms with E-state index in [2.05, 4.69) is 0 Å². The van der Waals surface area contributed by atoms with E-state index in [4.69, 9.17) is 14.2 Å². The zero-order valence-corrected chi connectivity index (χ0v) is 8.24. The third-order valence-corrected chi connectivity index (χ3v) is 2.17. The molecule has 0 N–H and O–H groups in total. The fourth-order valence-electron chi connectivity index (χ4n) is 1.44. The van der Waals surface area contributed by atoms with Crippen molar-refractivity contribution >= 4 is 6.08 Å². The zero-order chi connectivity index (χ0) is 9.97.